The Kier molecular flexibility index (Phi) is 10.2. The molecule has 2 aromatic carbocycles. The zero-order valence-corrected chi connectivity index (χ0v) is 31.2. The number of carbonyl (C=O) groups excluding carboxylic acids is 1. The maximum atomic E-state index is 11.0. The predicted octanol–water partition coefficient (Wildman–Crippen LogP) is 6.05. The van der Waals surface area contributed by atoms with Crippen molar-refractivity contribution in [1.82, 2.24) is 48.8 Å². The van der Waals surface area contributed by atoms with Crippen LogP contribution in [0.2, 0.25) is 0 Å². The first-order chi connectivity index (χ1) is 26.5. The highest BCUT2D eigenvalue weighted by atomic mass is 32.1. The predicted molar refractivity (Wildman–Crippen MR) is 217 cm³/mol. The molecule has 1 fully saturated rings. The number of nitrogen functional groups attached to an aromatic ring is 2. The molecule has 7 heterocycles. The number of aldehydes is 1. The van der Waals surface area contributed by atoms with Crippen LogP contribution < -0.4 is 11.5 Å². The first kappa shape index (κ1) is 35.2. The average Bonchev–Trinajstić information content (AvgIpc) is 4.01. The summed E-state index contributed by atoms with van der Waals surface area (Å²) in [7, 11) is 2.19. The second kappa shape index (κ2) is 15.6. The number of hydrogen-bond acceptors (Lipinski definition) is 13. The van der Waals surface area contributed by atoms with E-state index in [-0.39, 0.29) is 6.54 Å². The van der Waals surface area contributed by atoms with Gasteiger partial charge in [-0.05, 0) is 19.2 Å². The van der Waals surface area contributed by atoms with Gasteiger partial charge in [-0.2, -0.15) is 0 Å². The summed E-state index contributed by atoms with van der Waals surface area (Å²) in [6, 6.07) is 24.3. The molecule has 15 heteroatoms. The molecule has 54 heavy (non-hydrogen) atoms. The molecule has 0 aliphatic carbocycles. The Morgan fingerprint density at radius 2 is 1.15 bits per heavy atom. The average molecular weight is 755 g/mol. The Balaban J connectivity index is 0.000000157. The standard InChI is InChI=1S/C22H25N7S.C17H13N5OS/c1-27-7-9-28(10-8-27)11-12-29-15-26-19(16-5-3-2-4-6-16)20(29)18-13-17-21(23)24-14-25-22(17)30-18;18-16-12-8-13(24-17(12)20-9-19-16)15-14(11-4-2-1-3-5-11)21-10-22(15)6-7-23/h2-6,13-15H,7-12H2,1H3,(H2,23,24,25);1-5,7-10H,6H2,(H2,18,19,20). The summed E-state index contributed by atoms with van der Waals surface area (Å²) < 4.78 is 4.11. The van der Waals surface area contributed by atoms with E-state index in [4.69, 9.17) is 16.5 Å². The minimum atomic E-state index is 0.241. The SMILES string of the molecule is CN1CCN(CCn2cnc(-c3ccccc3)c2-c2cc3c(N)ncnc3s2)CC1.Nc1ncnc2sc(-c3c(-c4ccccc4)ncn3CC=O)cc12. The molecule has 9 rings (SSSR count). The molecule has 0 amide bonds. The lowest BCUT2D eigenvalue weighted by Crippen LogP contribution is -2.45. The number of fused-ring (bicyclic) bond motifs is 2. The van der Waals surface area contributed by atoms with Crippen molar-refractivity contribution in [2.24, 2.45) is 0 Å². The number of imidazole rings is 2. The second-order valence-corrected chi connectivity index (χ2v) is 15.0. The summed E-state index contributed by atoms with van der Waals surface area (Å²) in [5, 5.41) is 1.72. The van der Waals surface area contributed by atoms with Gasteiger partial charge in [-0.25, -0.2) is 29.9 Å². The number of piperazine rings is 1. The highest BCUT2D eigenvalue weighted by molar-refractivity contribution is 7.22. The molecule has 0 atom stereocenters. The minimum Gasteiger partial charge on any atom is -0.383 e. The Bertz CT molecular complexity index is 2520. The van der Waals surface area contributed by atoms with Crippen LogP contribution in [0.25, 0.3) is 64.1 Å². The molecule has 0 bridgehead atoms. The third kappa shape index (κ3) is 7.21. The van der Waals surface area contributed by atoms with Crippen LogP contribution >= 0.6 is 22.7 Å². The summed E-state index contributed by atoms with van der Waals surface area (Å²) in [6.07, 6.45) is 7.50. The molecule has 6 aromatic heterocycles. The van der Waals surface area contributed by atoms with Crippen LogP contribution in [-0.2, 0) is 17.9 Å². The summed E-state index contributed by atoms with van der Waals surface area (Å²) in [5.74, 6) is 0.970. The molecule has 1 aliphatic rings. The highest BCUT2D eigenvalue weighted by Gasteiger charge is 2.21. The lowest BCUT2D eigenvalue weighted by molar-refractivity contribution is -0.108. The fourth-order valence-electron chi connectivity index (χ4n) is 6.59. The molecular weight excluding hydrogens is 717 g/mol. The van der Waals surface area contributed by atoms with Crippen molar-refractivity contribution in [3.8, 4) is 43.7 Å². The van der Waals surface area contributed by atoms with E-state index in [2.05, 4.69) is 76.7 Å². The maximum Gasteiger partial charge on any atom is 0.139 e. The van der Waals surface area contributed by atoms with Gasteiger partial charge in [-0.3, -0.25) is 4.90 Å². The number of aromatic nitrogens is 8. The fourth-order valence-corrected chi connectivity index (χ4v) is 8.72. The van der Waals surface area contributed by atoms with E-state index < -0.39 is 0 Å². The van der Waals surface area contributed by atoms with Gasteiger partial charge in [0, 0.05) is 50.4 Å². The van der Waals surface area contributed by atoms with E-state index in [0.29, 0.717) is 11.6 Å². The van der Waals surface area contributed by atoms with Crippen LogP contribution in [0.1, 0.15) is 0 Å². The van der Waals surface area contributed by atoms with Crippen molar-refractivity contribution >= 4 is 61.0 Å². The topological polar surface area (TPSA) is 163 Å². The first-order valence-corrected chi connectivity index (χ1v) is 19.2. The molecule has 4 N–H and O–H groups in total. The van der Waals surface area contributed by atoms with Gasteiger partial charge in [0.15, 0.2) is 0 Å². The summed E-state index contributed by atoms with van der Waals surface area (Å²) in [4.78, 5) is 46.0. The van der Waals surface area contributed by atoms with Crippen molar-refractivity contribution in [3.05, 3.63) is 98.1 Å². The number of benzene rings is 2. The number of rotatable bonds is 9. The number of hydrogen-bond donors (Lipinski definition) is 2. The van der Waals surface area contributed by atoms with Crippen LogP contribution in [0.4, 0.5) is 11.6 Å². The summed E-state index contributed by atoms with van der Waals surface area (Å²) >= 11 is 3.15. The van der Waals surface area contributed by atoms with Crippen molar-refractivity contribution in [1.29, 1.82) is 0 Å². The normalized spacial score (nSPS) is 13.6. The smallest absolute Gasteiger partial charge is 0.139 e. The van der Waals surface area contributed by atoms with Crippen molar-refractivity contribution < 1.29 is 4.79 Å². The van der Waals surface area contributed by atoms with E-state index in [1.807, 2.05) is 53.4 Å². The van der Waals surface area contributed by atoms with E-state index in [1.165, 1.54) is 24.0 Å². The molecule has 8 aromatic rings. The van der Waals surface area contributed by atoms with Gasteiger partial charge in [0.05, 0.1) is 62.5 Å². The van der Waals surface area contributed by atoms with E-state index in [1.54, 1.807) is 17.7 Å². The monoisotopic (exact) mass is 754 g/mol. The van der Waals surface area contributed by atoms with Crippen LogP contribution in [-0.4, -0.2) is 94.9 Å². The first-order valence-electron chi connectivity index (χ1n) is 17.5. The molecule has 13 nitrogen and oxygen atoms in total. The number of thiophene rings is 2. The van der Waals surface area contributed by atoms with Crippen molar-refractivity contribution in [2.45, 2.75) is 13.1 Å². The lowest BCUT2D eigenvalue weighted by Gasteiger charge is -2.32. The molecule has 0 saturated carbocycles. The molecular formula is C39H38N12OS2. The second-order valence-electron chi connectivity index (χ2n) is 12.9. The Labute approximate surface area is 319 Å². The van der Waals surface area contributed by atoms with Gasteiger partial charge in [-0.15, -0.1) is 22.7 Å². The molecule has 1 saturated heterocycles. The van der Waals surface area contributed by atoms with Gasteiger partial charge in [0.1, 0.15) is 40.2 Å². The van der Waals surface area contributed by atoms with E-state index in [9.17, 15) is 4.79 Å². The zero-order valence-electron chi connectivity index (χ0n) is 29.6. The molecule has 0 spiro atoms. The maximum absolute atomic E-state index is 11.0. The van der Waals surface area contributed by atoms with Crippen molar-refractivity contribution in [2.75, 3.05) is 51.2 Å². The highest BCUT2D eigenvalue weighted by Crippen LogP contribution is 2.40. The number of carbonyl (C=O) groups is 1. The number of anilines is 2. The van der Waals surface area contributed by atoms with E-state index in [0.717, 1.165) is 110 Å². The number of nitrogens with zero attached hydrogens (tertiary/aromatic N) is 10. The Hall–Kier alpha value is -5.87. The Morgan fingerprint density at radius 3 is 1.65 bits per heavy atom. The Morgan fingerprint density at radius 1 is 0.648 bits per heavy atom. The van der Waals surface area contributed by atoms with Crippen LogP contribution in [0.3, 0.4) is 0 Å². The summed E-state index contributed by atoms with van der Waals surface area (Å²) in [6.45, 7) is 6.62. The third-order valence-electron chi connectivity index (χ3n) is 9.48. The van der Waals surface area contributed by atoms with E-state index >= 15 is 0 Å². The van der Waals surface area contributed by atoms with Gasteiger partial charge in [-0.1, -0.05) is 60.7 Å². The summed E-state index contributed by atoms with van der Waals surface area (Å²) in [5.41, 5.74) is 18.0. The minimum absolute atomic E-state index is 0.241. The fraction of sp³-hybridized carbons (Fsp3) is 0.205. The van der Waals surface area contributed by atoms with Gasteiger partial charge in [0.2, 0.25) is 0 Å². The number of likely N-dealkylation sites (N-methyl/N-ethyl adjacent to an activating group) is 1. The van der Waals surface area contributed by atoms with Gasteiger partial charge in [0.25, 0.3) is 0 Å². The van der Waals surface area contributed by atoms with Crippen LogP contribution in [0.5, 0.6) is 0 Å². The zero-order chi connectivity index (χ0) is 37.0. The molecule has 1 aliphatic heterocycles. The van der Waals surface area contributed by atoms with Crippen molar-refractivity contribution in [3.63, 3.8) is 0 Å². The molecule has 0 radical (unpaired) electrons. The quantitative estimate of drug-likeness (QED) is 0.165. The number of nitrogens with two attached hydrogens (primary N) is 2. The largest absolute Gasteiger partial charge is 0.383 e. The van der Waals surface area contributed by atoms with Crippen LogP contribution in [0, 0.1) is 0 Å². The lowest BCUT2D eigenvalue weighted by atomic mass is 10.1. The molecule has 0 unspecified atom stereocenters. The third-order valence-corrected chi connectivity index (χ3v) is 11.6. The molecule has 272 valence electrons. The van der Waals surface area contributed by atoms with Gasteiger partial charge >= 0.3 is 0 Å². The van der Waals surface area contributed by atoms with Gasteiger partial charge < -0.3 is 30.3 Å². The van der Waals surface area contributed by atoms with Crippen LogP contribution in [0.15, 0.2) is 98.1 Å².